The lowest BCUT2D eigenvalue weighted by atomic mass is 10.6. The zero-order valence-corrected chi connectivity index (χ0v) is 27.1. The van der Waals surface area contributed by atoms with Gasteiger partial charge in [0, 0.05) is 0 Å². The van der Waals surface area contributed by atoms with Crippen molar-refractivity contribution in [3.63, 3.8) is 0 Å². The third-order valence-electron chi connectivity index (χ3n) is 1.06. The molecule has 0 N–H and O–H groups in total. The van der Waals surface area contributed by atoms with Crippen molar-refractivity contribution in [2.75, 3.05) is 0 Å². The highest BCUT2D eigenvalue weighted by Gasteiger charge is 1.95. The molecule has 0 saturated heterocycles. The Morgan fingerprint density at radius 1 is 0.233 bits per heavy atom. The van der Waals surface area contributed by atoms with Crippen LogP contribution >= 0.6 is 0 Å². The fraction of sp³-hybridized carbons (Fsp3) is 1.00. The lowest BCUT2D eigenvalue weighted by Gasteiger charge is -1.48. The minimum Gasteiger partial charge on any atom is -0.0683 e. The first kappa shape index (κ1) is 63.1. The molecule has 3 rings (SSSR count). The van der Waals surface area contributed by atoms with Crippen LogP contribution in [0.3, 0.4) is 0 Å². The average Bonchev–Trinajstić information content (AvgIpc) is 3.76. The van der Waals surface area contributed by atoms with Gasteiger partial charge in [0.2, 0.25) is 0 Å². The number of rotatable bonds is 0. The summed E-state index contributed by atoms with van der Waals surface area (Å²) < 4.78 is 0. The van der Waals surface area contributed by atoms with Crippen molar-refractivity contribution in [2.24, 2.45) is 0 Å². The maximum Gasteiger partial charge on any atom is -0.0533 e. The second-order valence-electron chi connectivity index (χ2n) is 3.89. The van der Waals surface area contributed by atoms with Crippen LogP contribution in [0.2, 0.25) is 0 Å². The lowest BCUT2D eigenvalue weighted by molar-refractivity contribution is 1.09. The zero-order chi connectivity index (χ0) is 27.1. The smallest absolute Gasteiger partial charge is 0.0533 e. The monoisotopic (exact) mass is 441 g/mol. The summed E-state index contributed by atoms with van der Waals surface area (Å²) in [5, 5.41) is 0. The predicted molar refractivity (Wildman–Crippen MR) is 160 cm³/mol. The zero-order valence-electron chi connectivity index (χ0n) is 27.1. The molecule has 0 aromatic rings. The Labute approximate surface area is 202 Å². The molecule has 3 aliphatic carbocycles. The van der Waals surface area contributed by atoms with E-state index in [4.69, 9.17) is 0 Å². The summed E-state index contributed by atoms with van der Waals surface area (Å²) in [7, 11) is 0. The van der Waals surface area contributed by atoms with E-state index in [1.54, 1.807) is 0 Å². The molecule has 0 unspecified atom stereocenters. The second-order valence-corrected chi connectivity index (χ2v) is 3.89. The van der Waals surface area contributed by atoms with E-state index >= 15 is 0 Å². The Balaban J connectivity index is -0.0000000182. The van der Waals surface area contributed by atoms with E-state index in [1.807, 2.05) is 125 Å². The molecule has 0 atom stereocenters. The van der Waals surface area contributed by atoms with E-state index in [9.17, 15) is 0 Å². The van der Waals surface area contributed by atoms with E-state index in [-0.39, 0.29) is 0 Å². The van der Waals surface area contributed by atoms with Crippen LogP contribution in [-0.4, -0.2) is 0 Å². The van der Waals surface area contributed by atoms with Crippen molar-refractivity contribution in [2.45, 2.75) is 203 Å². The van der Waals surface area contributed by atoms with Gasteiger partial charge in [0.25, 0.3) is 0 Å². The van der Waals surface area contributed by atoms with Gasteiger partial charge < -0.3 is 0 Å². The Hall–Kier alpha value is 0. The van der Waals surface area contributed by atoms with Crippen LogP contribution in [-0.2, 0) is 0 Å². The van der Waals surface area contributed by atoms with Crippen LogP contribution in [0.1, 0.15) is 203 Å². The maximum atomic E-state index is 2.12. The summed E-state index contributed by atoms with van der Waals surface area (Å²) in [5.41, 5.74) is 0. The van der Waals surface area contributed by atoms with Gasteiger partial charge in [-0.15, -0.1) is 0 Å². The molecule has 3 saturated carbocycles. The molecule has 0 aliphatic heterocycles. The van der Waals surface area contributed by atoms with Crippen LogP contribution in [0, 0.1) is 0 Å². The van der Waals surface area contributed by atoms with Crippen molar-refractivity contribution in [1.29, 1.82) is 0 Å². The third-order valence-corrected chi connectivity index (χ3v) is 1.06. The molecule has 0 amide bonds. The molecular weight excluding hydrogens is 360 g/mol. The normalized spacial score (nSPS) is 9.60. The topological polar surface area (TPSA) is 0 Å². The first-order valence-electron chi connectivity index (χ1n) is 14.9. The molecule has 3 fully saturated rings. The summed E-state index contributed by atoms with van der Waals surface area (Å²) >= 11 is 0. The molecule has 0 heteroatoms. The van der Waals surface area contributed by atoms with Gasteiger partial charge in [-0.05, 0) is 0 Å². The third kappa shape index (κ3) is 2270. The minimum atomic E-state index is 1.25. The minimum absolute atomic E-state index is 1.25. The van der Waals surface area contributed by atoms with Crippen LogP contribution < -0.4 is 0 Å². The van der Waals surface area contributed by atoms with Gasteiger partial charge >= 0.3 is 0 Å². The van der Waals surface area contributed by atoms with Crippen LogP contribution in [0.25, 0.3) is 0 Å². The Bertz CT molecular complexity index is 37.9. The fourth-order valence-corrected chi connectivity index (χ4v) is 0. The van der Waals surface area contributed by atoms with Crippen molar-refractivity contribution in [3.8, 4) is 0 Å². The quantitative estimate of drug-likeness (QED) is 0.351. The maximum absolute atomic E-state index is 2.12. The molecule has 0 radical (unpaired) electrons. The van der Waals surface area contributed by atoms with E-state index < -0.39 is 0 Å². The van der Waals surface area contributed by atoms with Gasteiger partial charge in [0.05, 0.1) is 0 Å². The Kier molecular flexibility index (Phi) is 478. The number of hydrogen-bond donors (Lipinski definition) is 0. The standard InChI is InChI=1S/3C3H6.C3H8.9C2H6/c3*1-2-3-1;1-3-2;9*1-2/h3*1-3H2;3H2,1-2H3;9*1-2H3. The predicted octanol–water partition coefficient (Wildman–Crippen LogP) is 14.2. The Morgan fingerprint density at radius 2 is 0.267 bits per heavy atom. The van der Waals surface area contributed by atoms with Crippen LogP contribution in [0.4, 0.5) is 0 Å². The fourth-order valence-electron chi connectivity index (χ4n) is 0. The Morgan fingerprint density at radius 3 is 0.267 bits per heavy atom. The van der Waals surface area contributed by atoms with Crippen LogP contribution in [0.15, 0.2) is 0 Å². The second kappa shape index (κ2) is 227. The first-order chi connectivity index (χ1) is 14.9. The highest BCUT2D eigenvalue weighted by Crippen LogP contribution is 2.15. The van der Waals surface area contributed by atoms with Crippen molar-refractivity contribution < 1.29 is 0 Å². The summed E-state index contributed by atoms with van der Waals surface area (Å²) in [4.78, 5) is 0. The number of hydrogen-bond acceptors (Lipinski definition) is 0. The SMILES string of the molecule is C1CC1.C1CC1.C1CC1.CC.CC.CC.CC.CC.CC.CC.CC.CC.CCC. The molecule has 200 valence electrons. The lowest BCUT2D eigenvalue weighted by Crippen LogP contribution is -1.27. The molecule has 3 aliphatic rings. The molecule has 0 nitrogen and oxygen atoms in total. The van der Waals surface area contributed by atoms with Crippen molar-refractivity contribution in [3.05, 3.63) is 0 Å². The van der Waals surface area contributed by atoms with E-state index in [2.05, 4.69) is 13.8 Å². The summed E-state index contributed by atoms with van der Waals surface area (Å²) in [5.74, 6) is 0. The molecule has 0 aromatic heterocycles. The van der Waals surface area contributed by atoms with Gasteiger partial charge in [-0.3, -0.25) is 0 Å². The van der Waals surface area contributed by atoms with E-state index in [0.29, 0.717) is 0 Å². The molecule has 0 spiro atoms. The molecular formula is C30H80. The van der Waals surface area contributed by atoms with Crippen LogP contribution in [0.5, 0.6) is 0 Å². The van der Waals surface area contributed by atoms with Gasteiger partial charge in [-0.2, -0.15) is 0 Å². The molecule has 0 aromatic carbocycles. The van der Waals surface area contributed by atoms with Gasteiger partial charge in [-0.1, -0.05) is 203 Å². The molecule has 30 heavy (non-hydrogen) atoms. The molecule has 0 bridgehead atoms. The van der Waals surface area contributed by atoms with Crippen molar-refractivity contribution >= 4 is 0 Å². The largest absolute Gasteiger partial charge is 0.0683 e. The first-order valence-corrected chi connectivity index (χ1v) is 14.9. The van der Waals surface area contributed by atoms with Gasteiger partial charge in [0.15, 0.2) is 0 Å². The van der Waals surface area contributed by atoms with E-state index in [1.165, 1.54) is 64.2 Å². The summed E-state index contributed by atoms with van der Waals surface area (Å²) in [6, 6.07) is 0. The highest BCUT2D eigenvalue weighted by atomic mass is 14.0. The highest BCUT2D eigenvalue weighted by molar-refractivity contribution is 4.51. The average molecular weight is 441 g/mol. The summed E-state index contributed by atoms with van der Waals surface area (Å²) in [6.45, 7) is 40.2. The van der Waals surface area contributed by atoms with Gasteiger partial charge in [-0.25, -0.2) is 0 Å². The van der Waals surface area contributed by atoms with Gasteiger partial charge in [0.1, 0.15) is 0 Å². The molecule has 0 heterocycles. The van der Waals surface area contributed by atoms with Crippen molar-refractivity contribution in [1.82, 2.24) is 0 Å². The van der Waals surface area contributed by atoms with E-state index in [0.717, 1.165) is 0 Å². The summed E-state index contributed by atoms with van der Waals surface area (Å²) in [6.07, 6.45) is 14.8.